The zero-order valence-electron chi connectivity index (χ0n) is 12.2. The summed E-state index contributed by atoms with van der Waals surface area (Å²) in [6.07, 6.45) is 6.41. The number of hydrogen-bond acceptors (Lipinski definition) is 3. The predicted molar refractivity (Wildman–Crippen MR) is 80.8 cm³/mol. The number of ether oxygens (including phenoxy) is 1. The number of aromatic nitrogens is 1. The molecule has 20 heavy (non-hydrogen) atoms. The van der Waals surface area contributed by atoms with Gasteiger partial charge in [-0.2, -0.15) is 0 Å². The number of likely N-dealkylation sites (tertiary alicyclic amines) is 1. The lowest BCUT2D eigenvalue weighted by Gasteiger charge is -2.27. The molecule has 2 N–H and O–H groups in total. The Balaban J connectivity index is 1.98. The first-order valence-corrected chi connectivity index (χ1v) is 7.43. The normalized spacial score (nSPS) is 16.2. The van der Waals surface area contributed by atoms with Gasteiger partial charge in [0, 0.05) is 24.8 Å². The third-order valence-corrected chi connectivity index (χ3v) is 3.38. The molecule has 1 aromatic heterocycles. The molecule has 1 saturated heterocycles. The number of guanidine groups is 1. The van der Waals surface area contributed by atoms with Crippen molar-refractivity contribution in [3.05, 3.63) is 23.9 Å². The number of nitrogens with zero attached hydrogens (tertiary/aromatic N) is 3. The standard InChI is InChI=1S/C15H24N4O/c1-2-11-20-14-13(7-6-8-17-14)12-18-15(16)19-9-4-3-5-10-19/h6-8H,2-5,9-12H2,1H3,(H2,16,18). The van der Waals surface area contributed by atoms with E-state index in [1.54, 1.807) is 6.20 Å². The second-order valence-electron chi connectivity index (χ2n) is 5.04. The van der Waals surface area contributed by atoms with Crippen LogP contribution < -0.4 is 10.5 Å². The topological polar surface area (TPSA) is 63.7 Å². The molecule has 0 bridgehead atoms. The Morgan fingerprint density at radius 3 is 2.95 bits per heavy atom. The maximum absolute atomic E-state index is 6.06. The van der Waals surface area contributed by atoms with Gasteiger partial charge in [-0.3, -0.25) is 0 Å². The summed E-state index contributed by atoms with van der Waals surface area (Å²) in [5.74, 6) is 1.31. The number of hydrogen-bond donors (Lipinski definition) is 1. The number of pyridine rings is 1. The fourth-order valence-electron chi connectivity index (χ4n) is 2.26. The Kier molecular flexibility index (Phi) is 5.65. The summed E-state index contributed by atoms with van der Waals surface area (Å²) in [6.45, 7) is 5.31. The van der Waals surface area contributed by atoms with Crippen LogP contribution >= 0.6 is 0 Å². The van der Waals surface area contributed by atoms with Crippen molar-refractivity contribution in [2.45, 2.75) is 39.2 Å². The van der Waals surface area contributed by atoms with Crippen molar-refractivity contribution >= 4 is 5.96 Å². The van der Waals surface area contributed by atoms with E-state index < -0.39 is 0 Å². The van der Waals surface area contributed by atoms with Crippen LogP contribution in [0.3, 0.4) is 0 Å². The molecule has 1 aromatic rings. The SMILES string of the molecule is CCCOc1ncccc1CN=C(N)N1CCCCC1. The summed E-state index contributed by atoms with van der Waals surface area (Å²) in [7, 11) is 0. The van der Waals surface area contributed by atoms with Crippen molar-refractivity contribution in [2.24, 2.45) is 10.7 Å². The summed E-state index contributed by atoms with van der Waals surface area (Å²) < 4.78 is 5.63. The van der Waals surface area contributed by atoms with Gasteiger partial charge in [0.25, 0.3) is 0 Å². The van der Waals surface area contributed by atoms with Gasteiger partial charge >= 0.3 is 0 Å². The average Bonchev–Trinajstić information content (AvgIpc) is 2.52. The minimum absolute atomic E-state index is 0.523. The smallest absolute Gasteiger partial charge is 0.218 e. The highest BCUT2D eigenvalue weighted by Gasteiger charge is 2.12. The van der Waals surface area contributed by atoms with E-state index >= 15 is 0 Å². The molecule has 2 rings (SSSR count). The number of aliphatic imine (C=N–C) groups is 1. The Morgan fingerprint density at radius 2 is 2.20 bits per heavy atom. The molecular weight excluding hydrogens is 252 g/mol. The van der Waals surface area contributed by atoms with E-state index in [-0.39, 0.29) is 0 Å². The zero-order chi connectivity index (χ0) is 14.2. The van der Waals surface area contributed by atoms with Gasteiger partial charge in [-0.05, 0) is 31.7 Å². The van der Waals surface area contributed by atoms with Crippen LogP contribution in [-0.2, 0) is 6.54 Å². The average molecular weight is 276 g/mol. The monoisotopic (exact) mass is 276 g/mol. The van der Waals surface area contributed by atoms with Crippen molar-refractivity contribution in [3.8, 4) is 5.88 Å². The third-order valence-electron chi connectivity index (χ3n) is 3.38. The predicted octanol–water partition coefficient (Wildman–Crippen LogP) is 2.17. The molecule has 0 atom stereocenters. The Hall–Kier alpha value is -1.78. The molecule has 0 amide bonds. The number of nitrogens with two attached hydrogens (primary N) is 1. The molecule has 1 aliphatic heterocycles. The molecule has 0 aromatic carbocycles. The summed E-state index contributed by atoms with van der Waals surface area (Å²) in [4.78, 5) is 10.9. The highest BCUT2D eigenvalue weighted by Crippen LogP contribution is 2.16. The van der Waals surface area contributed by atoms with Gasteiger partial charge in [-0.25, -0.2) is 9.98 Å². The first kappa shape index (κ1) is 14.6. The molecule has 0 aliphatic carbocycles. The van der Waals surface area contributed by atoms with E-state index in [0.717, 1.165) is 25.1 Å². The fraction of sp³-hybridized carbons (Fsp3) is 0.600. The molecule has 5 heteroatoms. The molecule has 0 saturated carbocycles. The maximum Gasteiger partial charge on any atom is 0.218 e. The lowest BCUT2D eigenvalue weighted by Crippen LogP contribution is -2.40. The van der Waals surface area contributed by atoms with Crippen LogP contribution in [0, 0.1) is 0 Å². The van der Waals surface area contributed by atoms with Crippen molar-refractivity contribution in [1.82, 2.24) is 9.88 Å². The second-order valence-corrected chi connectivity index (χ2v) is 5.04. The van der Waals surface area contributed by atoms with E-state index in [4.69, 9.17) is 10.5 Å². The summed E-state index contributed by atoms with van der Waals surface area (Å²) in [5.41, 5.74) is 7.05. The van der Waals surface area contributed by atoms with Gasteiger partial charge < -0.3 is 15.4 Å². The van der Waals surface area contributed by atoms with Gasteiger partial charge in [0.2, 0.25) is 5.88 Å². The van der Waals surface area contributed by atoms with Crippen LogP contribution in [0.5, 0.6) is 5.88 Å². The molecule has 0 unspecified atom stereocenters. The molecule has 110 valence electrons. The molecule has 0 radical (unpaired) electrons. The van der Waals surface area contributed by atoms with Crippen molar-refractivity contribution < 1.29 is 4.74 Å². The Bertz CT molecular complexity index is 441. The van der Waals surface area contributed by atoms with E-state index in [1.807, 2.05) is 12.1 Å². The number of piperidine rings is 1. The third kappa shape index (κ3) is 4.11. The Labute approximate surface area is 120 Å². The molecule has 1 aliphatic rings. The van der Waals surface area contributed by atoms with Crippen LogP contribution in [0.25, 0.3) is 0 Å². The van der Waals surface area contributed by atoms with Gasteiger partial charge in [-0.15, -0.1) is 0 Å². The lowest BCUT2D eigenvalue weighted by atomic mass is 10.1. The van der Waals surface area contributed by atoms with Crippen molar-refractivity contribution in [1.29, 1.82) is 0 Å². The van der Waals surface area contributed by atoms with Gasteiger partial charge in [-0.1, -0.05) is 13.0 Å². The lowest BCUT2D eigenvalue weighted by molar-refractivity contribution is 0.301. The van der Waals surface area contributed by atoms with Crippen molar-refractivity contribution in [2.75, 3.05) is 19.7 Å². The van der Waals surface area contributed by atoms with E-state index in [9.17, 15) is 0 Å². The Morgan fingerprint density at radius 1 is 1.40 bits per heavy atom. The zero-order valence-corrected chi connectivity index (χ0v) is 12.2. The van der Waals surface area contributed by atoms with Gasteiger partial charge in [0.1, 0.15) is 0 Å². The van der Waals surface area contributed by atoms with Crippen LogP contribution in [0.2, 0.25) is 0 Å². The largest absolute Gasteiger partial charge is 0.477 e. The first-order chi connectivity index (χ1) is 9.81. The van der Waals surface area contributed by atoms with Crippen LogP contribution in [0.4, 0.5) is 0 Å². The summed E-state index contributed by atoms with van der Waals surface area (Å²) >= 11 is 0. The number of rotatable bonds is 5. The molecule has 5 nitrogen and oxygen atoms in total. The van der Waals surface area contributed by atoms with E-state index in [0.29, 0.717) is 25.0 Å². The molecule has 1 fully saturated rings. The van der Waals surface area contributed by atoms with Crippen LogP contribution in [0.15, 0.2) is 23.3 Å². The van der Waals surface area contributed by atoms with E-state index in [1.165, 1.54) is 19.3 Å². The van der Waals surface area contributed by atoms with Crippen LogP contribution in [0.1, 0.15) is 38.2 Å². The molecular formula is C15H24N4O. The highest BCUT2D eigenvalue weighted by atomic mass is 16.5. The first-order valence-electron chi connectivity index (χ1n) is 7.43. The van der Waals surface area contributed by atoms with Crippen LogP contribution in [-0.4, -0.2) is 35.5 Å². The van der Waals surface area contributed by atoms with Gasteiger partial charge in [0.05, 0.1) is 13.2 Å². The summed E-state index contributed by atoms with van der Waals surface area (Å²) in [6, 6.07) is 3.89. The quantitative estimate of drug-likeness (QED) is 0.661. The molecule has 0 spiro atoms. The van der Waals surface area contributed by atoms with E-state index in [2.05, 4.69) is 21.8 Å². The fourth-order valence-corrected chi connectivity index (χ4v) is 2.26. The summed E-state index contributed by atoms with van der Waals surface area (Å²) in [5, 5.41) is 0. The highest BCUT2D eigenvalue weighted by molar-refractivity contribution is 5.78. The maximum atomic E-state index is 6.06. The second kappa shape index (κ2) is 7.72. The van der Waals surface area contributed by atoms with Gasteiger partial charge in [0.15, 0.2) is 5.96 Å². The minimum Gasteiger partial charge on any atom is -0.477 e. The minimum atomic E-state index is 0.523. The molecule has 2 heterocycles. The van der Waals surface area contributed by atoms with Crippen molar-refractivity contribution in [3.63, 3.8) is 0 Å².